The first-order valence-electron chi connectivity index (χ1n) is 9.23. The van der Waals surface area contributed by atoms with Crippen molar-refractivity contribution >= 4 is 11.7 Å². The number of likely N-dealkylation sites (tertiary alicyclic amines) is 1. The molecule has 1 saturated carbocycles. The zero-order valence-corrected chi connectivity index (χ0v) is 14.5. The molecule has 0 bridgehead atoms. The van der Waals surface area contributed by atoms with Crippen LogP contribution in [0.15, 0.2) is 35.4 Å². The lowest BCUT2D eigenvalue weighted by atomic mass is 10.0. The van der Waals surface area contributed by atoms with E-state index in [0.29, 0.717) is 23.4 Å². The Morgan fingerprint density at radius 2 is 1.85 bits per heavy atom. The van der Waals surface area contributed by atoms with E-state index in [2.05, 4.69) is 25.9 Å². The van der Waals surface area contributed by atoms with Crippen LogP contribution in [0.1, 0.15) is 34.9 Å². The Balaban J connectivity index is 1.27. The summed E-state index contributed by atoms with van der Waals surface area (Å²) < 4.78 is 0. The minimum absolute atomic E-state index is 0.0818. The minimum atomic E-state index is -0.239. The first kappa shape index (κ1) is 15.5. The Morgan fingerprint density at radius 1 is 1.08 bits per heavy atom. The summed E-state index contributed by atoms with van der Waals surface area (Å²) in [6.45, 7) is 3.30. The number of rotatable bonds is 3. The SMILES string of the molecule is O=C(c1cccc(=O)[nH]1)N1CC2CN(c3cc(C4CC4)ncn3)CC2C1. The number of aromatic nitrogens is 3. The first-order valence-corrected chi connectivity index (χ1v) is 9.23. The van der Waals surface area contributed by atoms with Gasteiger partial charge in [0.1, 0.15) is 17.8 Å². The molecule has 0 spiro atoms. The fourth-order valence-corrected chi connectivity index (χ4v) is 4.23. The van der Waals surface area contributed by atoms with E-state index in [1.54, 1.807) is 18.5 Å². The van der Waals surface area contributed by atoms with Gasteiger partial charge in [0.25, 0.3) is 5.91 Å². The number of nitrogens with zero attached hydrogens (tertiary/aromatic N) is 4. The lowest BCUT2D eigenvalue weighted by Gasteiger charge is -2.22. The average molecular weight is 351 g/mol. The third-order valence-electron chi connectivity index (χ3n) is 5.77. The molecule has 26 heavy (non-hydrogen) atoms. The summed E-state index contributed by atoms with van der Waals surface area (Å²) in [5, 5.41) is 0. The number of carbonyl (C=O) groups excluding carboxylic acids is 1. The number of hydrogen-bond acceptors (Lipinski definition) is 5. The summed E-state index contributed by atoms with van der Waals surface area (Å²) in [5.74, 6) is 2.46. The summed E-state index contributed by atoms with van der Waals surface area (Å²) in [4.78, 5) is 39.8. The van der Waals surface area contributed by atoms with Gasteiger partial charge in [-0.05, 0) is 18.9 Å². The van der Waals surface area contributed by atoms with E-state index in [-0.39, 0.29) is 11.5 Å². The summed E-state index contributed by atoms with van der Waals surface area (Å²) in [5.41, 5.74) is 1.30. The van der Waals surface area contributed by atoms with Crippen LogP contribution in [0.5, 0.6) is 0 Å². The highest BCUT2D eigenvalue weighted by molar-refractivity contribution is 5.92. The molecule has 3 fully saturated rings. The van der Waals surface area contributed by atoms with E-state index in [4.69, 9.17) is 0 Å². The first-order chi connectivity index (χ1) is 12.7. The van der Waals surface area contributed by atoms with Crippen LogP contribution in [-0.2, 0) is 0 Å². The molecule has 2 aromatic rings. The molecule has 0 aromatic carbocycles. The van der Waals surface area contributed by atoms with Crippen LogP contribution in [0.2, 0.25) is 0 Å². The number of amides is 1. The lowest BCUT2D eigenvalue weighted by molar-refractivity contribution is 0.0776. The largest absolute Gasteiger partial charge is 0.356 e. The van der Waals surface area contributed by atoms with Gasteiger partial charge in [-0.1, -0.05) is 6.07 Å². The fourth-order valence-electron chi connectivity index (χ4n) is 4.23. The van der Waals surface area contributed by atoms with Crippen molar-refractivity contribution in [3.05, 3.63) is 52.3 Å². The number of pyridine rings is 1. The van der Waals surface area contributed by atoms with Crippen molar-refractivity contribution in [2.45, 2.75) is 18.8 Å². The van der Waals surface area contributed by atoms with Crippen LogP contribution in [0.25, 0.3) is 0 Å². The number of anilines is 1. The molecule has 1 N–H and O–H groups in total. The summed E-state index contributed by atoms with van der Waals surface area (Å²) >= 11 is 0. The average Bonchev–Trinajstić information content (AvgIpc) is 3.31. The van der Waals surface area contributed by atoms with Gasteiger partial charge in [0.2, 0.25) is 5.56 Å². The number of aromatic amines is 1. The predicted octanol–water partition coefficient (Wildman–Crippen LogP) is 1.25. The number of fused-ring (bicyclic) bond motifs is 1. The van der Waals surface area contributed by atoms with Gasteiger partial charge in [-0.15, -0.1) is 0 Å². The van der Waals surface area contributed by atoms with Crippen molar-refractivity contribution < 1.29 is 4.79 Å². The van der Waals surface area contributed by atoms with Crippen molar-refractivity contribution in [3.8, 4) is 0 Å². The van der Waals surface area contributed by atoms with Gasteiger partial charge in [0.15, 0.2) is 0 Å². The Labute approximate surface area is 151 Å². The molecule has 2 atom stereocenters. The molecule has 4 heterocycles. The second-order valence-corrected chi connectivity index (χ2v) is 7.64. The molecule has 5 rings (SSSR count). The third-order valence-corrected chi connectivity index (χ3v) is 5.77. The zero-order valence-electron chi connectivity index (χ0n) is 14.5. The molecule has 7 heteroatoms. The van der Waals surface area contributed by atoms with Crippen LogP contribution in [0, 0.1) is 11.8 Å². The van der Waals surface area contributed by atoms with Gasteiger partial charge in [-0.25, -0.2) is 9.97 Å². The molecule has 134 valence electrons. The zero-order chi connectivity index (χ0) is 17.7. The van der Waals surface area contributed by atoms with Crippen LogP contribution in [0.4, 0.5) is 5.82 Å². The molecule has 0 radical (unpaired) electrons. The molecule has 1 amide bonds. The van der Waals surface area contributed by atoms with E-state index in [9.17, 15) is 9.59 Å². The van der Waals surface area contributed by atoms with E-state index < -0.39 is 0 Å². The predicted molar refractivity (Wildman–Crippen MR) is 96.2 cm³/mol. The molecule has 1 aliphatic carbocycles. The monoisotopic (exact) mass is 351 g/mol. The quantitative estimate of drug-likeness (QED) is 0.900. The van der Waals surface area contributed by atoms with Crippen molar-refractivity contribution in [1.82, 2.24) is 19.9 Å². The lowest BCUT2D eigenvalue weighted by Crippen LogP contribution is -2.34. The third kappa shape index (κ3) is 2.77. The second kappa shape index (κ2) is 5.93. The van der Waals surface area contributed by atoms with Gasteiger partial charge in [-0.2, -0.15) is 0 Å². The van der Waals surface area contributed by atoms with Crippen molar-refractivity contribution in [2.75, 3.05) is 31.1 Å². The smallest absolute Gasteiger partial charge is 0.270 e. The van der Waals surface area contributed by atoms with Crippen molar-refractivity contribution in [2.24, 2.45) is 11.8 Å². The van der Waals surface area contributed by atoms with Gasteiger partial charge in [-0.3, -0.25) is 9.59 Å². The summed E-state index contributed by atoms with van der Waals surface area (Å²) in [7, 11) is 0. The van der Waals surface area contributed by atoms with Crippen LogP contribution >= 0.6 is 0 Å². The van der Waals surface area contributed by atoms with Gasteiger partial charge >= 0.3 is 0 Å². The Hall–Kier alpha value is -2.70. The fraction of sp³-hybridized carbons (Fsp3) is 0.474. The van der Waals surface area contributed by atoms with E-state index in [0.717, 1.165) is 37.7 Å². The molecular formula is C19H21N5O2. The normalized spacial score (nSPS) is 24.8. The minimum Gasteiger partial charge on any atom is -0.356 e. The number of nitrogens with one attached hydrogen (secondary N) is 1. The number of carbonyl (C=O) groups is 1. The van der Waals surface area contributed by atoms with Crippen LogP contribution in [-0.4, -0.2) is 51.9 Å². The Kier molecular flexibility index (Phi) is 3.55. The Bertz CT molecular complexity index is 893. The Morgan fingerprint density at radius 3 is 2.54 bits per heavy atom. The summed E-state index contributed by atoms with van der Waals surface area (Å²) in [6.07, 6.45) is 4.15. The van der Waals surface area contributed by atoms with Gasteiger partial charge in [0, 0.05) is 61.8 Å². The molecule has 2 unspecified atom stereocenters. The highest BCUT2D eigenvalue weighted by Crippen LogP contribution is 2.40. The second-order valence-electron chi connectivity index (χ2n) is 7.64. The van der Waals surface area contributed by atoms with Crippen LogP contribution in [0.3, 0.4) is 0 Å². The highest BCUT2D eigenvalue weighted by Gasteiger charge is 2.42. The topological polar surface area (TPSA) is 82.2 Å². The van der Waals surface area contributed by atoms with Gasteiger partial charge < -0.3 is 14.8 Å². The molecule has 2 aromatic heterocycles. The maximum atomic E-state index is 12.6. The molecule has 2 saturated heterocycles. The highest BCUT2D eigenvalue weighted by atomic mass is 16.2. The molecule has 3 aliphatic rings. The van der Waals surface area contributed by atoms with Crippen molar-refractivity contribution in [1.29, 1.82) is 0 Å². The van der Waals surface area contributed by atoms with Crippen LogP contribution < -0.4 is 10.5 Å². The molecular weight excluding hydrogens is 330 g/mol. The van der Waals surface area contributed by atoms with Gasteiger partial charge in [0.05, 0.1) is 0 Å². The summed E-state index contributed by atoms with van der Waals surface area (Å²) in [6, 6.07) is 6.85. The number of H-pyrrole nitrogens is 1. The van der Waals surface area contributed by atoms with E-state index in [1.165, 1.54) is 18.9 Å². The van der Waals surface area contributed by atoms with E-state index in [1.807, 2.05) is 4.90 Å². The van der Waals surface area contributed by atoms with Crippen molar-refractivity contribution in [3.63, 3.8) is 0 Å². The number of hydrogen-bond donors (Lipinski definition) is 1. The maximum absolute atomic E-state index is 12.6. The molecule has 2 aliphatic heterocycles. The maximum Gasteiger partial charge on any atom is 0.270 e. The molecule has 7 nitrogen and oxygen atoms in total. The van der Waals surface area contributed by atoms with E-state index >= 15 is 0 Å². The standard InChI is InChI=1S/C19H21N5O2/c25-18-3-1-2-15(22-18)19(26)24-9-13-7-23(8-14(13)10-24)17-6-16(12-4-5-12)20-11-21-17/h1-3,6,11-14H,4-5,7-10H2,(H,22,25).